The molecule has 1 fully saturated rings. The first kappa shape index (κ1) is 11.6. The molecule has 1 saturated carbocycles. The molecule has 2 rings (SSSR count). The van der Waals surface area contributed by atoms with Gasteiger partial charge in [0.1, 0.15) is 11.4 Å². The fourth-order valence-corrected chi connectivity index (χ4v) is 2.50. The Balaban J connectivity index is 1.92. The zero-order valence-corrected chi connectivity index (χ0v) is 10.4. The van der Waals surface area contributed by atoms with Crippen LogP contribution in [-0.2, 0) is 6.54 Å². The van der Waals surface area contributed by atoms with Crippen molar-refractivity contribution in [3.8, 4) is 0 Å². The third-order valence-corrected chi connectivity index (χ3v) is 3.77. The highest BCUT2D eigenvalue weighted by Gasteiger charge is 2.31. The minimum absolute atomic E-state index is 0.392. The van der Waals surface area contributed by atoms with Crippen molar-refractivity contribution < 1.29 is 4.63 Å². The molecule has 1 aliphatic rings. The molecule has 1 unspecified atom stereocenters. The van der Waals surface area contributed by atoms with Crippen LogP contribution in [0, 0.1) is 12.3 Å². The first-order chi connectivity index (χ1) is 7.59. The molecule has 1 atom stereocenters. The molecule has 1 aromatic rings. The van der Waals surface area contributed by atoms with Crippen LogP contribution >= 0.6 is 0 Å². The van der Waals surface area contributed by atoms with E-state index in [1.54, 1.807) is 0 Å². The van der Waals surface area contributed by atoms with Gasteiger partial charge in [0.15, 0.2) is 0 Å². The van der Waals surface area contributed by atoms with Gasteiger partial charge in [-0.25, -0.2) is 4.63 Å². The molecule has 0 aliphatic heterocycles. The molecule has 1 N–H and O–H groups in total. The van der Waals surface area contributed by atoms with E-state index in [-0.39, 0.29) is 0 Å². The molecule has 0 radical (unpaired) electrons. The van der Waals surface area contributed by atoms with Gasteiger partial charge in [-0.3, -0.25) is 0 Å². The summed E-state index contributed by atoms with van der Waals surface area (Å²) in [4.78, 5) is 0. The van der Waals surface area contributed by atoms with Gasteiger partial charge in [-0.2, -0.15) is 0 Å². The Kier molecular flexibility index (Phi) is 3.28. The lowest BCUT2D eigenvalue weighted by Crippen LogP contribution is -2.43. The highest BCUT2D eigenvalue weighted by molar-refractivity contribution is 5.04. The average molecular weight is 223 g/mol. The number of aromatic nitrogens is 2. The van der Waals surface area contributed by atoms with Gasteiger partial charge in [0.2, 0.25) is 0 Å². The largest absolute Gasteiger partial charge is 0.308 e. The van der Waals surface area contributed by atoms with E-state index in [2.05, 4.69) is 29.5 Å². The number of nitrogens with zero attached hydrogens (tertiary/aromatic N) is 2. The highest BCUT2D eigenvalue weighted by Crippen LogP contribution is 2.35. The first-order valence-corrected chi connectivity index (χ1v) is 6.11. The normalized spacial score (nSPS) is 24.6. The minimum Gasteiger partial charge on any atom is -0.308 e. The molecule has 4 nitrogen and oxygen atoms in total. The molecule has 16 heavy (non-hydrogen) atoms. The monoisotopic (exact) mass is 223 g/mol. The predicted molar refractivity (Wildman–Crippen MR) is 61.9 cm³/mol. The third-order valence-electron chi connectivity index (χ3n) is 3.77. The van der Waals surface area contributed by atoms with Crippen LogP contribution in [0.3, 0.4) is 0 Å². The number of hydrogen-bond acceptors (Lipinski definition) is 4. The van der Waals surface area contributed by atoms with Gasteiger partial charge < -0.3 is 5.32 Å². The Hall–Kier alpha value is -0.900. The lowest BCUT2D eigenvalue weighted by molar-refractivity contribution is 0.165. The van der Waals surface area contributed by atoms with Crippen LogP contribution in [0.2, 0.25) is 0 Å². The van der Waals surface area contributed by atoms with Crippen molar-refractivity contribution in [2.45, 2.75) is 59.0 Å². The Bertz CT molecular complexity index is 346. The Labute approximate surface area is 96.8 Å². The van der Waals surface area contributed by atoms with Crippen LogP contribution in [0.4, 0.5) is 0 Å². The Morgan fingerprint density at radius 3 is 2.81 bits per heavy atom. The standard InChI is InChI=1S/C12H21N3O/c1-9-10(15-16-14-9)8-13-11-6-4-5-7-12(11,2)3/h11,13H,4-8H2,1-3H3. The molecular weight excluding hydrogens is 202 g/mol. The van der Waals surface area contributed by atoms with E-state index in [1.807, 2.05) is 6.92 Å². The van der Waals surface area contributed by atoms with E-state index in [0.717, 1.165) is 17.9 Å². The van der Waals surface area contributed by atoms with Gasteiger partial charge in [0.25, 0.3) is 0 Å². The Morgan fingerprint density at radius 2 is 2.19 bits per heavy atom. The second-order valence-electron chi connectivity index (χ2n) is 5.46. The van der Waals surface area contributed by atoms with Crippen LogP contribution in [0.1, 0.15) is 50.9 Å². The molecule has 0 amide bonds. The van der Waals surface area contributed by atoms with Gasteiger partial charge in [0.05, 0.1) is 0 Å². The summed E-state index contributed by atoms with van der Waals surface area (Å²) in [6.07, 6.45) is 5.25. The molecule has 0 bridgehead atoms. The van der Waals surface area contributed by atoms with Crippen LogP contribution < -0.4 is 5.32 Å². The van der Waals surface area contributed by atoms with Gasteiger partial charge in [-0.15, -0.1) is 0 Å². The summed E-state index contributed by atoms with van der Waals surface area (Å²) in [5.74, 6) is 0. The third kappa shape index (κ3) is 2.43. The topological polar surface area (TPSA) is 51.0 Å². The lowest BCUT2D eigenvalue weighted by Gasteiger charge is -2.39. The molecule has 90 valence electrons. The second kappa shape index (κ2) is 4.53. The molecule has 1 aliphatic carbocycles. The lowest BCUT2D eigenvalue weighted by atomic mass is 9.73. The smallest absolute Gasteiger partial charge is 0.121 e. The summed E-state index contributed by atoms with van der Waals surface area (Å²) in [6, 6.07) is 0.581. The maximum absolute atomic E-state index is 4.70. The van der Waals surface area contributed by atoms with E-state index in [0.29, 0.717) is 11.5 Å². The van der Waals surface area contributed by atoms with Gasteiger partial charge in [-0.1, -0.05) is 37.0 Å². The van der Waals surface area contributed by atoms with Crippen molar-refractivity contribution in [2.75, 3.05) is 0 Å². The maximum atomic E-state index is 4.70. The van der Waals surface area contributed by atoms with Crippen LogP contribution in [0.15, 0.2) is 4.63 Å². The molecule has 1 aromatic heterocycles. The summed E-state index contributed by atoms with van der Waals surface area (Å²) < 4.78 is 4.70. The summed E-state index contributed by atoms with van der Waals surface area (Å²) >= 11 is 0. The van der Waals surface area contributed by atoms with E-state index in [9.17, 15) is 0 Å². The van der Waals surface area contributed by atoms with Crippen molar-refractivity contribution in [3.05, 3.63) is 11.4 Å². The van der Waals surface area contributed by atoms with Crippen LogP contribution in [0.5, 0.6) is 0 Å². The molecule has 4 heteroatoms. The van der Waals surface area contributed by atoms with E-state index in [1.165, 1.54) is 25.7 Å². The summed E-state index contributed by atoms with van der Waals surface area (Å²) in [7, 11) is 0. The molecule has 0 saturated heterocycles. The van der Waals surface area contributed by atoms with E-state index >= 15 is 0 Å². The SMILES string of the molecule is Cc1nonc1CNC1CCCCC1(C)C. The fraction of sp³-hybridized carbons (Fsp3) is 0.833. The maximum Gasteiger partial charge on any atom is 0.121 e. The molecule has 0 aromatic carbocycles. The predicted octanol–water partition coefficient (Wildman–Crippen LogP) is 2.44. The quantitative estimate of drug-likeness (QED) is 0.855. The molecule has 0 spiro atoms. The summed E-state index contributed by atoms with van der Waals surface area (Å²) in [5.41, 5.74) is 2.21. The zero-order chi connectivity index (χ0) is 11.6. The first-order valence-electron chi connectivity index (χ1n) is 6.11. The van der Waals surface area contributed by atoms with Crippen molar-refractivity contribution in [1.29, 1.82) is 0 Å². The van der Waals surface area contributed by atoms with Crippen molar-refractivity contribution in [2.24, 2.45) is 5.41 Å². The van der Waals surface area contributed by atoms with E-state index < -0.39 is 0 Å². The van der Waals surface area contributed by atoms with Gasteiger partial charge >= 0.3 is 0 Å². The number of rotatable bonds is 3. The van der Waals surface area contributed by atoms with Crippen LogP contribution in [0.25, 0.3) is 0 Å². The average Bonchev–Trinajstić information content (AvgIpc) is 2.62. The molecule has 1 heterocycles. The highest BCUT2D eigenvalue weighted by atomic mass is 16.6. The summed E-state index contributed by atoms with van der Waals surface area (Å²) in [5, 5.41) is 11.3. The van der Waals surface area contributed by atoms with Crippen molar-refractivity contribution >= 4 is 0 Å². The number of nitrogens with one attached hydrogen (secondary N) is 1. The zero-order valence-electron chi connectivity index (χ0n) is 10.4. The van der Waals surface area contributed by atoms with Crippen LogP contribution in [-0.4, -0.2) is 16.4 Å². The Morgan fingerprint density at radius 1 is 1.38 bits per heavy atom. The van der Waals surface area contributed by atoms with Gasteiger partial charge in [-0.05, 0) is 25.2 Å². The van der Waals surface area contributed by atoms with Crippen molar-refractivity contribution in [1.82, 2.24) is 15.6 Å². The fourth-order valence-electron chi connectivity index (χ4n) is 2.50. The summed E-state index contributed by atoms with van der Waals surface area (Å²) in [6.45, 7) is 7.39. The second-order valence-corrected chi connectivity index (χ2v) is 5.46. The van der Waals surface area contributed by atoms with Gasteiger partial charge in [0, 0.05) is 12.6 Å². The minimum atomic E-state index is 0.392. The van der Waals surface area contributed by atoms with Crippen molar-refractivity contribution in [3.63, 3.8) is 0 Å². The molecular formula is C12H21N3O. The number of hydrogen-bond donors (Lipinski definition) is 1. The number of aryl methyl sites for hydroxylation is 1. The van der Waals surface area contributed by atoms with E-state index in [4.69, 9.17) is 4.63 Å².